The summed E-state index contributed by atoms with van der Waals surface area (Å²) in [5.74, 6) is 0. The molecule has 0 fully saturated rings. The van der Waals surface area contributed by atoms with Gasteiger partial charge in [-0.2, -0.15) is 0 Å². The highest BCUT2D eigenvalue weighted by atomic mass is 16.2. The van der Waals surface area contributed by atoms with Crippen LogP contribution in [0.2, 0.25) is 0 Å². The first kappa shape index (κ1) is 6.78. The second kappa shape index (κ2) is 2.30. The zero-order valence-corrected chi connectivity index (χ0v) is 6.14. The number of hydrogen-bond donors (Lipinski definition) is 1. The van der Waals surface area contributed by atoms with Crippen LogP contribution < -0.4 is 5.73 Å². The smallest absolute Gasteiger partial charge is 0.323 e. The second-order valence-electron chi connectivity index (χ2n) is 2.32. The van der Waals surface area contributed by atoms with Crippen molar-refractivity contribution in [3.05, 3.63) is 24.8 Å². The van der Waals surface area contributed by atoms with Gasteiger partial charge in [0, 0.05) is 6.20 Å². The molecule has 12 heavy (non-hydrogen) atoms. The Morgan fingerprint density at radius 1 is 1.58 bits per heavy atom. The first-order valence-corrected chi connectivity index (χ1v) is 3.36. The van der Waals surface area contributed by atoms with Crippen molar-refractivity contribution in [3.8, 4) is 0 Å². The van der Waals surface area contributed by atoms with Crippen LogP contribution in [0.3, 0.4) is 0 Å². The summed E-state index contributed by atoms with van der Waals surface area (Å²) in [5.41, 5.74) is 6.43. The quantitative estimate of drug-likeness (QED) is 0.607. The summed E-state index contributed by atoms with van der Waals surface area (Å²) in [7, 11) is 0. The van der Waals surface area contributed by atoms with Crippen LogP contribution >= 0.6 is 0 Å². The minimum Gasteiger partial charge on any atom is -0.351 e. The Balaban J connectivity index is 2.79. The molecule has 0 saturated carbocycles. The summed E-state index contributed by atoms with van der Waals surface area (Å²) >= 11 is 0. The largest absolute Gasteiger partial charge is 0.351 e. The Labute approximate surface area is 67.8 Å². The fraction of sp³-hybridized carbons (Fsp3) is 0. The van der Waals surface area contributed by atoms with Crippen molar-refractivity contribution >= 4 is 17.1 Å². The third-order valence-electron chi connectivity index (χ3n) is 1.60. The molecule has 0 aliphatic carbocycles. The van der Waals surface area contributed by atoms with Crippen molar-refractivity contribution in [1.82, 2.24) is 14.5 Å². The van der Waals surface area contributed by atoms with E-state index < -0.39 is 6.03 Å². The number of aromatic nitrogens is 3. The molecule has 5 nitrogen and oxygen atoms in total. The highest BCUT2D eigenvalue weighted by Crippen LogP contribution is 2.09. The third-order valence-corrected chi connectivity index (χ3v) is 1.60. The summed E-state index contributed by atoms with van der Waals surface area (Å²) in [5, 5.41) is 0. The molecule has 2 aromatic heterocycles. The Kier molecular flexibility index (Phi) is 1.30. The van der Waals surface area contributed by atoms with E-state index in [9.17, 15) is 4.79 Å². The van der Waals surface area contributed by atoms with Gasteiger partial charge in [0.05, 0.1) is 17.2 Å². The molecule has 0 spiro atoms. The summed E-state index contributed by atoms with van der Waals surface area (Å²) in [4.78, 5) is 18.5. The van der Waals surface area contributed by atoms with E-state index in [-0.39, 0.29) is 0 Å². The average molecular weight is 162 g/mol. The number of amides is 1. The Hall–Kier alpha value is -1.91. The van der Waals surface area contributed by atoms with Gasteiger partial charge in [-0.05, 0) is 6.07 Å². The molecule has 2 aromatic rings. The van der Waals surface area contributed by atoms with E-state index in [0.29, 0.717) is 11.0 Å². The standard InChI is InChI=1S/C7H6N4O/c8-7(12)11-2-1-5-6(11)3-9-4-10-5/h1-4H,(H2,8,12). The topological polar surface area (TPSA) is 73.8 Å². The lowest BCUT2D eigenvalue weighted by Gasteiger charge is -1.95. The first-order chi connectivity index (χ1) is 5.79. The zero-order valence-electron chi connectivity index (χ0n) is 6.14. The van der Waals surface area contributed by atoms with Crippen molar-refractivity contribution in [3.63, 3.8) is 0 Å². The molecule has 5 heteroatoms. The number of nitrogens with two attached hydrogens (primary N) is 1. The molecule has 0 bridgehead atoms. The first-order valence-electron chi connectivity index (χ1n) is 3.36. The normalized spacial score (nSPS) is 10.3. The molecule has 0 radical (unpaired) electrons. The van der Waals surface area contributed by atoms with Crippen molar-refractivity contribution in [2.24, 2.45) is 5.73 Å². The fourth-order valence-corrected chi connectivity index (χ4v) is 1.06. The average Bonchev–Trinajstić information content (AvgIpc) is 2.47. The van der Waals surface area contributed by atoms with Crippen LogP contribution in [0.5, 0.6) is 0 Å². The molecule has 0 atom stereocenters. The van der Waals surface area contributed by atoms with Crippen LogP contribution in [0.15, 0.2) is 24.8 Å². The molecule has 0 unspecified atom stereocenters. The van der Waals surface area contributed by atoms with E-state index in [2.05, 4.69) is 9.97 Å². The zero-order chi connectivity index (χ0) is 8.55. The van der Waals surface area contributed by atoms with E-state index in [1.54, 1.807) is 18.5 Å². The van der Waals surface area contributed by atoms with E-state index >= 15 is 0 Å². The van der Waals surface area contributed by atoms with Gasteiger partial charge in [-0.15, -0.1) is 0 Å². The van der Waals surface area contributed by atoms with Gasteiger partial charge in [0.15, 0.2) is 0 Å². The van der Waals surface area contributed by atoms with E-state index in [0.717, 1.165) is 0 Å². The van der Waals surface area contributed by atoms with Crippen molar-refractivity contribution in [1.29, 1.82) is 0 Å². The maximum absolute atomic E-state index is 10.8. The molecule has 0 aliphatic heterocycles. The lowest BCUT2D eigenvalue weighted by atomic mass is 10.5. The van der Waals surface area contributed by atoms with Crippen molar-refractivity contribution < 1.29 is 4.79 Å². The number of carbonyl (C=O) groups is 1. The predicted octanol–water partition coefficient (Wildman–Crippen LogP) is 0.358. The van der Waals surface area contributed by atoms with Crippen molar-refractivity contribution in [2.75, 3.05) is 0 Å². The molecule has 60 valence electrons. The maximum Gasteiger partial charge on any atom is 0.323 e. The van der Waals surface area contributed by atoms with E-state index in [1.165, 1.54) is 10.9 Å². The highest BCUT2D eigenvalue weighted by Gasteiger charge is 2.04. The Bertz CT molecular complexity index is 434. The van der Waals surface area contributed by atoms with E-state index in [1.807, 2.05) is 0 Å². The van der Waals surface area contributed by atoms with Gasteiger partial charge in [0.25, 0.3) is 0 Å². The summed E-state index contributed by atoms with van der Waals surface area (Å²) < 4.78 is 1.30. The third kappa shape index (κ3) is 0.833. The molecule has 0 aromatic carbocycles. The fourth-order valence-electron chi connectivity index (χ4n) is 1.06. The van der Waals surface area contributed by atoms with Crippen LogP contribution in [0.25, 0.3) is 11.0 Å². The van der Waals surface area contributed by atoms with E-state index in [4.69, 9.17) is 5.73 Å². The molecule has 0 aliphatic rings. The number of hydrogen-bond acceptors (Lipinski definition) is 3. The van der Waals surface area contributed by atoms with Crippen LogP contribution in [-0.2, 0) is 0 Å². The van der Waals surface area contributed by atoms with Crippen LogP contribution in [-0.4, -0.2) is 20.6 Å². The lowest BCUT2D eigenvalue weighted by molar-refractivity contribution is 0.251. The summed E-state index contributed by atoms with van der Waals surface area (Å²) in [6, 6.07) is 1.18. The Morgan fingerprint density at radius 3 is 3.17 bits per heavy atom. The number of rotatable bonds is 0. The minimum absolute atomic E-state index is 0.528. The van der Waals surface area contributed by atoms with Gasteiger partial charge in [-0.3, -0.25) is 4.57 Å². The minimum atomic E-state index is -0.528. The number of fused-ring (bicyclic) bond motifs is 1. The number of carbonyl (C=O) groups excluding carboxylic acids is 1. The highest BCUT2D eigenvalue weighted by molar-refractivity contribution is 5.88. The molecular formula is C7H6N4O. The van der Waals surface area contributed by atoms with Crippen molar-refractivity contribution in [2.45, 2.75) is 0 Å². The number of nitrogens with zero attached hydrogens (tertiary/aromatic N) is 3. The van der Waals surface area contributed by atoms with Gasteiger partial charge in [-0.1, -0.05) is 0 Å². The van der Waals surface area contributed by atoms with Gasteiger partial charge < -0.3 is 5.73 Å². The second-order valence-corrected chi connectivity index (χ2v) is 2.32. The molecule has 2 N–H and O–H groups in total. The Morgan fingerprint density at radius 2 is 2.42 bits per heavy atom. The molecule has 1 amide bonds. The van der Waals surface area contributed by atoms with Crippen LogP contribution in [0.4, 0.5) is 4.79 Å². The molecule has 2 rings (SSSR count). The summed E-state index contributed by atoms with van der Waals surface area (Å²) in [6.45, 7) is 0. The van der Waals surface area contributed by atoms with Gasteiger partial charge >= 0.3 is 6.03 Å². The predicted molar refractivity (Wildman–Crippen MR) is 42.5 cm³/mol. The van der Waals surface area contributed by atoms with Crippen LogP contribution in [0.1, 0.15) is 0 Å². The van der Waals surface area contributed by atoms with Gasteiger partial charge in [0.1, 0.15) is 6.33 Å². The van der Waals surface area contributed by atoms with Gasteiger partial charge in [-0.25, -0.2) is 14.8 Å². The van der Waals surface area contributed by atoms with Gasteiger partial charge in [0.2, 0.25) is 0 Å². The monoisotopic (exact) mass is 162 g/mol. The molecule has 0 saturated heterocycles. The SMILES string of the molecule is NC(=O)n1ccc2ncncc21. The lowest BCUT2D eigenvalue weighted by Crippen LogP contribution is -2.18. The van der Waals surface area contributed by atoms with Crippen LogP contribution in [0, 0.1) is 0 Å². The molecule has 2 heterocycles. The maximum atomic E-state index is 10.8. The number of primary amides is 1. The summed E-state index contributed by atoms with van der Waals surface area (Å²) in [6.07, 6.45) is 4.54. The molecular weight excluding hydrogens is 156 g/mol.